The van der Waals surface area contributed by atoms with Gasteiger partial charge in [0.15, 0.2) is 0 Å². The largest absolute Gasteiger partial charge is 0.480 e. The second-order valence-corrected chi connectivity index (χ2v) is 18.9. The number of ether oxygens (including phenoxy) is 1. The summed E-state index contributed by atoms with van der Waals surface area (Å²) in [4.78, 5) is 58.4. The highest BCUT2D eigenvalue weighted by Gasteiger charge is 2.42. The molecular weight excluding hydrogens is 793 g/mol. The normalized spacial score (nSPS) is 15.8. The fraction of sp³-hybridized carbons (Fsp3) is 0.417. The molecule has 320 valence electrons. The highest BCUT2D eigenvalue weighted by molar-refractivity contribution is 8.00. The minimum atomic E-state index is -1.11. The smallest absolute Gasteiger partial charge is 0.407 e. The molecule has 1 heterocycles. The molecule has 60 heavy (non-hydrogen) atoms. The van der Waals surface area contributed by atoms with Crippen LogP contribution in [0.15, 0.2) is 115 Å². The van der Waals surface area contributed by atoms with Gasteiger partial charge in [0.25, 0.3) is 0 Å². The summed E-state index contributed by atoms with van der Waals surface area (Å²) >= 11 is 3.22. The van der Waals surface area contributed by atoms with Crippen molar-refractivity contribution in [3.8, 4) is 0 Å². The number of carboxylic acid groups (broad SMARTS) is 1. The van der Waals surface area contributed by atoms with E-state index < -0.39 is 52.5 Å². The first-order valence-corrected chi connectivity index (χ1v) is 22.9. The van der Waals surface area contributed by atoms with E-state index in [1.807, 2.05) is 132 Å². The van der Waals surface area contributed by atoms with Crippen molar-refractivity contribution < 1.29 is 29.0 Å². The van der Waals surface area contributed by atoms with Crippen LogP contribution in [0.2, 0.25) is 0 Å². The van der Waals surface area contributed by atoms with Gasteiger partial charge in [-0.15, -0.1) is 11.8 Å². The molecule has 0 fully saturated rings. The summed E-state index contributed by atoms with van der Waals surface area (Å²) in [6, 6.07) is 35.6. The first-order valence-electron chi connectivity index (χ1n) is 20.5. The number of amides is 3. The van der Waals surface area contributed by atoms with E-state index in [0.29, 0.717) is 11.5 Å². The van der Waals surface area contributed by atoms with Crippen molar-refractivity contribution in [2.45, 2.75) is 88.5 Å². The molecule has 4 aromatic carbocycles. The van der Waals surface area contributed by atoms with Gasteiger partial charge in [0.05, 0.1) is 16.8 Å². The first-order chi connectivity index (χ1) is 28.6. The molecule has 12 heteroatoms. The molecule has 1 unspecified atom stereocenters. The molecular formula is C48H60N4O6S2. The fourth-order valence-electron chi connectivity index (χ4n) is 7.97. The molecule has 0 aromatic heterocycles. The summed E-state index contributed by atoms with van der Waals surface area (Å²) in [5.41, 5.74) is 4.41. The second kappa shape index (κ2) is 21.1. The number of hydrogen-bond donors (Lipinski definition) is 3. The number of rotatable bonds is 18. The number of carboxylic acids is 1. The molecule has 0 saturated carbocycles. The Morgan fingerprint density at radius 3 is 1.82 bits per heavy atom. The van der Waals surface area contributed by atoms with Crippen molar-refractivity contribution in [2.24, 2.45) is 5.92 Å². The van der Waals surface area contributed by atoms with E-state index in [-0.39, 0.29) is 37.8 Å². The lowest BCUT2D eigenvalue weighted by Gasteiger charge is -2.42. The van der Waals surface area contributed by atoms with Gasteiger partial charge >= 0.3 is 12.1 Å². The van der Waals surface area contributed by atoms with Crippen molar-refractivity contribution in [3.63, 3.8) is 0 Å². The third-order valence-corrected chi connectivity index (χ3v) is 13.0. The van der Waals surface area contributed by atoms with Gasteiger partial charge in [-0.3, -0.25) is 14.5 Å². The lowest BCUT2D eigenvalue weighted by atomic mass is 9.84. The predicted molar refractivity (Wildman–Crippen MR) is 243 cm³/mol. The molecule has 0 bridgehead atoms. The summed E-state index contributed by atoms with van der Waals surface area (Å²) in [6.07, 6.45) is 1.86. The predicted octanol–water partition coefficient (Wildman–Crippen LogP) is 7.84. The van der Waals surface area contributed by atoms with Gasteiger partial charge in [0.2, 0.25) is 11.8 Å². The van der Waals surface area contributed by atoms with Gasteiger partial charge in [-0.2, -0.15) is 11.8 Å². The lowest BCUT2D eigenvalue weighted by Crippen LogP contribution is -2.60. The van der Waals surface area contributed by atoms with Crippen molar-refractivity contribution in [3.05, 3.63) is 143 Å². The Bertz CT molecular complexity index is 1930. The maximum absolute atomic E-state index is 15.0. The molecule has 4 atom stereocenters. The molecule has 3 amide bonds. The van der Waals surface area contributed by atoms with Crippen LogP contribution >= 0.6 is 23.5 Å². The van der Waals surface area contributed by atoms with E-state index in [9.17, 15) is 19.5 Å². The Morgan fingerprint density at radius 2 is 1.33 bits per heavy atom. The Hall–Kier alpha value is -4.78. The van der Waals surface area contributed by atoms with E-state index in [1.165, 1.54) is 11.8 Å². The number of nitrogens with one attached hydrogen (secondary N) is 2. The molecule has 0 spiro atoms. The van der Waals surface area contributed by atoms with E-state index in [4.69, 9.17) is 4.74 Å². The average Bonchev–Trinajstić information content (AvgIpc) is 3.22. The first kappa shape index (κ1) is 46.3. The Balaban J connectivity index is 1.49. The topological polar surface area (TPSA) is 128 Å². The van der Waals surface area contributed by atoms with Crippen LogP contribution in [-0.4, -0.2) is 99.9 Å². The van der Waals surface area contributed by atoms with Crippen LogP contribution in [0.5, 0.6) is 0 Å². The van der Waals surface area contributed by atoms with Crippen LogP contribution < -0.4 is 10.6 Å². The van der Waals surface area contributed by atoms with Crippen LogP contribution in [0.1, 0.15) is 68.9 Å². The van der Waals surface area contributed by atoms with Gasteiger partial charge in [-0.05, 0) is 80.0 Å². The quantitative estimate of drug-likeness (QED) is 0.0859. The van der Waals surface area contributed by atoms with E-state index in [1.54, 1.807) is 16.7 Å². The molecule has 1 aliphatic rings. The number of carbonyl (C=O) groups excluding carboxylic acids is 3. The van der Waals surface area contributed by atoms with Crippen molar-refractivity contribution in [1.29, 1.82) is 0 Å². The van der Waals surface area contributed by atoms with Gasteiger partial charge in [-0.1, -0.05) is 129 Å². The maximum Gasteiger partial charge on any atom is 0.407 e. The van der Waals surface area contributed by atoms with Crippen LogP contribution in [-0.2, 0) is 36.8 Å². The fourth-order valence-corrected chi connectivity index (χ4v) is 9.99. The maximum atomic E-state index is 15.0. The standard InChI is InChI=1S/C48H60N4O6S2/c1-33(2)42(44(54)52-30-35-20-18-17-19-34(35)29-41(52)43(53)50-40(45(55)56)27-28-59-7)51(6)31-39(49-46(57)58-47(3,4)5)32-60-48(36-21-11-8-12-22-36,37-23-13-9-14-24-37)38-25-15-10-16-26-38/h8-26,33,39-42H,27-32H2,1-7H3,(H,49,57)(H,50,53)(H,55,56)/t39?,40-,41+,42+/m1/s1. The number of carbonyl (C=O) groups is 4. The van der Waals surface area contributed by atoms with Crippen LogP contribution in [0.3, 0.4) is 0 Å². The van der Waals surface area contributed by atoms with Crippen molar-refractivity contribution >= 4 is 47.4 Å². The summed E-state index contributed by atoms with van der Waals surface area (Å²) < 4.78 is 5.13. The van der Waals surface area contributed by atoms with Gasteiger partial charge in [0, 0.05) is 25.3 Å². The number of thioether (sulfide) groups is 2. The molecule has 3 N–H and O–H groups in total. The van der Waals surface area contributed by atoms with Gasteiger partial charge < -0.3 is 25.4 Å². The number of alkyl carbamates (subject to hydrolysis) is 1. The minimum absolute atomic E-state index is 0.191. The van der Waals surface area contributed by atoms with Crippen LogP contribution in [0.4, 0.5) is 4.79 Å². The Morgan fingerprint density at radius 1 is 0.817 bits per heavy atom. The van der Waals surface area contributed by atoms with Gasteiger partial charge in [0.1, 0.15) is 17.7 Å². The molecule has 5 rings (SSSR count). The van der Waals surface area contributed by atoms with Crippen LogP contribution in [0.25, 0.3) is 0 Å². The molecule has 0 radical (unpaired) electrons. The molecule has 0 saturated heterocycles. The number of likely N-dealkylation sites (N-methyl/N-ethyl adjacent to an activating group) is 1. The van der Waals surface area contributed by atoms with E-state index in [2.05, 4.69) is 47.0 Å². The van der Waals surface area contributed by atoms with Crippen molar-refractivity contribution in [1.82, 2.24) is 20.4 Å². The molecule has 4 aromatic rings. The molecule has 0 aliphatic carbocycles. The minimum Gasteiger partial charge on any atom is -0.480 e. The third-order valence-electron chi connectivity index (χ3n) is 10.7. The zero-order valence-corrected chi connectivity index (χ0v) is 37.4. The molecule has 10 nitrogen and oxygen atoms in total. The monoisotopic (exact) mass is 852 g/mol. The molecule has 1 aliphatic heterocycles. The zero-order valence-electron chi connectivity index (χ0n) is 35.8. The van der Waals surface area contributed by atoms with E-state index >= 15 is 4.79 Å². The number of hydrogen-bond acceptors (Lipinski definition) is 8. The average molecular weight is 853 g/mol. The van der Waals surface area contributed by atoms with E-state index in [0.717, 1.165) is 27.8 Å². The number of nitrogens with zero attached hydrogens (tertiary/aromatic N) is 2. The lowest BCUT2D eigenvalue weighted by molar-refractivity contribution is -0.148. The summed E-state index contributed by atoms with van der Waals surface area (Å²) in [5, 5.41) is 15.9. The summed E-state index contributed by atoms with van der Waals surface area (Å²) in [6.45, 7) is 9.92. The van der Waals surface area contributed by atoms with Crippen molar-refractivity contribution in [2.75, 3.05) is 31.4 Å². The third kappa shape index (κ3) is 11.7. The summed E-state index contributed by atoms with van der Waals surface area (Å²) in [7, 11) is 1.88. The SMILES string of the molecule is CSCC[C@@H](NC(=O)[C@@H]1Cc2ccccc2CN1C(=O)[C@H](C(C)C)N(C)CC(CSC(c1ccccc1)(c1ccccc1)c1ccccc1)NC(=O)OC(C)(C)C)C(=O)O. The summed E-state index contributed by atoms with van der Waals surface area (Å²) in [5.74, 6) is -1.03. The second-order valence-electron chi connectivity index (χ2n) is 16.7. The Labute approximate surface area is 364 Å². The number of benzene rings is 4. The highest BCUT2D eigenvalue weighted by atomic mass is 32.2. The number of aliphatic carboxylic acids is 1. The Kier molecular flexibility index (Phi) is 16.3. The highest BCUT2D eigenvalue weighted by Crippen LogP contribution is 2.48. The van der Waals surface area contributed by atoms with Gasteiger partial charge in [-0.25, -0.2) is 9.59 Å². The zero-order chi connectivity index (χ0) is 43.5. The van der Waals surface area contributed by atoms with Crippen LogP contribution in [0, 0.1) is 5.92 Å². The number of fused-ring (bicyclic) bond motifs is 1.